The molecule has 0 rings (SSSR count). The van der Waals surface area contributed by atoms with Crippen molar-refractivity contribution in [3.63, 3.8) is 0 Å². The molecule has 0 spiro atoms. The first kappa shape index (κ1) is 13.7. The first-order chi connectivity index (χ1) is 6.81. The average molecular weight is 197 g/mol. The van der Waals surface area contributed by atoms with E-state index in [2.05, 4.69) is 13.8 Å². The Balaban J connectivity index is 2.95. The second kappa shape index (κ2) is 10.7. The smallest absolute Gasteiger partial charge is 0.132 e. The van der Waals surface area contributed by atoms with Gasteiger partial charge in [0.2, 0.25) is 0 Å². The van der Waals surface area contributed by atoms with Crippen molar-refractivity contribution < 1.29 is 4.79 Å². The quantitative estimate of drug-likeness (QED) is 0.477. The van der Waals surface area contributed by atoms with Gasteiger partial charge in [-0.3, -0.25) is 4.79 Å². The number of carbonyl (C=O) groups is 1. The van der Waals surface area contributed by atoms with Crippen molar-refractivity contribution in [2.24, 2.45) is 0 Å². The number of unbranched alkanes of at least 4 members (excludes halogenated alkanes) is 7. The summed E-state index contributed by atoms with van der Waals surface area (Å²) in [6, 6.07) is 0. The standard InChI is InChI=1S/C13H25O/c1-3-5-6-7-8-9-10-11-12-13(14)4-2/h2-12H2,1H3. The molecule has 0 saturated carbocycles. The van der Waals surface area contributed by atoms with Crippen molar-refractivity contribution >= 4 is 5.78 Å². The molecule has 0 aromatic rings. The molecular formula is C13H25O. The lowest BCUT2D eigenvalue weighted by atomic mass is 10.1. The molecule has 1 heteroatoms. The fourth-order valence-electron chi connectivity index (χ4n) is 1.58. The van der Waals surface area contributed by atoms with Gasteiger partial charge in [-0.05, 0) is 13.3 Å². The molecule has 0 atom stereocenters. The van der Waals surface area contributed by atoms with Crippen molar-refractivity contribution in [1.82, 2.24) is 0 Å². The van der Waals surface area contributed by atoms with Gasteiger partial charge >= 0.3 is 0 Å². The summed E-state index contributed by atoms with van der Waals surface area (Å²) >= 11 is 0. The van der Waals surface area contributed by atoms with Crippen LogP contribution in [0, 0.1) is 6.92 Å². The lowest BCUT2D eigenvalue weighted by Gasteiger charge is -2.00. The molecule has 0 fully saturated rings. The van der Waals surface area contributed by atoms with Gasteiger partial charge in [-0.25, -0.2) is 0 Å². The van der Waals surface area contributed by atoms with Crippen LogP contribution in [0.1, 0.15) is 71.1 Å². The summed E-state index contributed by atoms with van der Waals surface area (Å²) in [6.07, 6.45) is 11.6. The zero-order valence-corrected chi connectivity index (χ0v) is 9.69. The Morgan fingerprint density at radius 2 is 1.43 bits per heavy atom. The topological polar surface area (TPSA) is 17.1 Å². The van der Waals surface area contributed by atoms with Gasteiger partial charge in [-0.1, -0.05) is 51.9 Å². The highest BCUT2D eigenvalue weighted by Crippen LogP contribution is 2.09. The van der Waals surface area contributed by atoms with Crippen molar-refractivity contribution in [3.05, 3.63) is 6.92 Å². The van der Waals surface area contributed by atoms with Gasteiger partial charge < -0.3 is 0 Å². The van der Waals surface area contributed by atoms with E-state index < -0.39 is 0 Å². The molecule has 0 aliphatic heterocycles. The van der Waals surface area contributed by atoms with Crippen LogP contribution >= 0.6 is 0 Å². The molecule has 0 unspecified atom stereocenters. The van der Waals surface area contributed by atoms with Crippen LogP contribution in [0.4, 0.5) is 0 Å². The van der Waals surface area contributed by atoms with Gasteiger partial charge in [-0.15, -0.1) is 0 Å². The molecule has 0 aromatic heterocycles. The number of Topliss-reactive ketones (excluding diaryl/α,β-unsaturated/α-hetero) is 1. The van der Waals surface area contributed by atoms with E-state index in [0.29, 0.717) is 12.2 Å². The molecule has 0 N–H and O–H groups in total. The predicted octanol–water partition coefficient (Wildman–Crippen LogP) is 4.31. The maximum atomic E-state index is 10.9. The Labute approximate surface area is 89.3 Å². The predicted molar refractivity (Wildman–Crippen MR) is 62.2 cm³/mol. The Morgan fingerprint density at radius 3 is 1.93 bits per heavy atom. The molecule has 0 saturated heterocycles. The summed E-state index contributed by atoms with van der Waals surface area (Å²) in [4.78, 5) is 10.9. The molecule has 0 aliphatic carbocycles. The molecule has 1 nitrogen and oxygen atoms in total. The summed E-state index contributed by atoms with van der Waals surface area (Å²) < 4.78 is 0. The van der Waals surface area contributed by atoms with Crippen molar-refractivity contribution in [2.75, 3.05) is 0 Å². The number of ketones is 1. The van der Waals surface area contributed by atoms with Gasteiger partial charge in [-0.2, -0.15) is 0 Å². The van der Waals surface area contributed by atoms with E-state index in [4.69, 9.17) is 0 Å². The van der Waals surface area contributed by atoms with Gasteiger partial charge in [0.25, 0.3) is 0 Å². The fraction of sp³-hybridized carbons (Fsp3) is 0.846. The van der Waals surface area contributed by atoms with E-state index >= 15 is 0 Å². The highest BCUT2D eigenvalue weighted by Gasteiger charge is 1.97. The zero-order valence-electron chi connectivity index (χ0n) is 9.69. The van der Waals surface area contributed by atoms with Crippen molar-refractivity contribution in [1.29, 1.82) is 0 Å². The van der Waals surface area contributed by atoms with Crippen LogP contribution < -0.4 is 0 Å². The van der Waals surface area contributed by atoms with Gasteiger partial charge in [0.05, 0.1) is 0 Å². The average Bonchev–Trinajstić information content (AvgIpc) is 2.21. The number of hydrogen-bond acceptors (Lipinski definition) is 1. The number of hydrogen-bond donors (Lipinski definition) is 0. The number of rotatable bonds is 10. The monoisotopic (exact) mass is 197 g/mol. The van der Waals surface area contributed by atoms with Crippen molar-refractivity contribution in [3.8, 4) is 0 Å². The van der Waals surface area contributed by atoms with E-state index in [1.54, 1.807) is 0 Å². The third kappa shape index (κ3) is 9.76. The SMILES string of the molecule is [CH2]CC(=O)CCCCCCCCCC. The summed E-state index contributed by atoms with van der Waals surface area (Å²) in [7, 11) is 0. The Morgan fingerprint density at radius 1 is 0.929 bits per heavy atom. The molecule has 0 bridgehead atoms. The molecule has 1 radical (unpaired) electrons. The molecule has 0 heterocycles. The van der Waals surface area contributed by atoms with E-state index in [9.17, 15) is 4.79 Å². The first-order valence-corrected chi connectivity index (χ1v) is 6.12. The summed E-state index contributed by atoms with van der Waals surface area (Å²) in [6.45, 7) is 5.83. The van der Waals surface area contributed by atoms with Gasteiger partial charge in [0, 0.05) is 12.8 Å². The maximum Gasteiger partial charge on any atom is 0.132 e. The minimum atomic E-state index is 0.316. The fourth-order valence-corrected chi connectivity index (χ4v) is 1.58. The van der Waals surface area contributed by atoms with Crippen molar-refractivity contribution in [2.45, 2.75) is 71.1 Å². The number of carbonyl (C=O) groups excluding carboxylic acids is 1. The van der Waals surface area contributed by atoms with Crippen LogP contribution in [0.15, 0.2) is 0 Å². The molecule has 83 valence electrons. The third-order valence-corrected chi connectivity index (χ3v) is 2.59. The Hall–Kier alpha value is -0.330. The van der Waals surface area contributed by atoms with E-state index in [1.165, 1.54) is 44.9 Å². The molecule has 14 heavy (non-hydrogen) atoms. The molecule has 0 aliphatic rings. The van der Waals surface area contributed by atoms with E-state index in [-0.39, 0.29) is 0 Å². The zero-order chi connectivity index (χ0) is 10.6. The second-order valence-corrected chi connectivity index (χ2v) is 4.01. The lowest BCUT2D eigenvalue weighted by Crippen LogP contribution is -1.94. The Kier molecular flexibility index (Phi) is 10.5. The second-order valence-electron chi connectivity index (χ2n) is 4.01. The van der Waals surface area contributed by atoms with E-state index in [0.717, 1.165) is 12.8 Å². The molecular weight excluding hydrogens is 172 g/mol. The van der Waals surface area contributed by atoms with Crippen LogP contribution in [-0.4, -0.2) is 5.78 Å². The van der Waals surface area contributed by atoms with Crippen LogP contribution in [0.3, 0.4) is 0 Å². The Bertz CT molecular complexity index is 129. The molecule has 0 amide bonds. The lowest BCUT2D eigenvalue weighted by molar-refractivity contribution is -0.118. The summed E-state index contributed by atoms with van der Waals surface area (Å²) in [5.74, 6) is 0.316. The van der Waals surface area contributed by atoms with Crippen LogP contribution in [-0.2, 0) is 4.79 Å². The van der Waals surface area contributed by atoms with Crippen LogP contribution in [0.25, 0.3) is 0 Å². The van der Waals surface area contributed by atoms with Gasteiger partial charge in [0.1, 0.15) is 5.78 Å². The van der Waals surface area contributed by atoms with Crippen LogP contribution in [0.2, 0.25) is 0 Å². The largest absolute Gasteiger partial charge is 0.300 e. The normalized spacial score (nSPS) is 10.4. The first-order valence-electron chi connectivity index (χ1n) is 6.12. The highest BCUT2D eigenvalue weighted by atomic mass is 16.1. The van der Waals surface area contributed by atoms with E-state index in [1.807, 2.05) is 0 Å². The van der Waals surface area contributed by atoms with Gasteiger partial charge in [0.15, 0.2) is 0 Å². The van der Waals surface area contributed by atoms with Crippen LogP contribution in [0.5, 0.6) is 0 Å². The summed E-state index contributed by atoms with van der Waals surface area (Å²) in [5.41, 5.74) is 0. The minimum absolute atomic E-state index is 0.316. The highest BCUT2D eigenvalue weighted by molar-refractivity contribution is 5.78. The minimum Gasteiger partial charge on any atom is -0.300 e. The third-order valence-electron chi connectivity index (χ3n) is 2.59. The summed E-state index contributed by atoms with van der Waals surface area (Å²) in [5, 5.41) is 0. The molecule has 0 aromatic carbocycles. The maximum absolute atomic E-state index is 10.9.